The van der Waals surface area contributed by atoms with Gasteiger partial charge in [-0.2, -0.15) is 5.10 Å². The minimum Gasteiger partial charge on any atom is -0.384 e. The van der Waals surface area contributed by atoms with E-state index < -0.39 is 0 Å². The van der Waals surface area contributed by atoms with Crippen molar-refractivity contribution in [1.29, 1.82) is 0 Å². The zero-order chi connectivity index (χ0) is 9.90. The smallest absolute Gasteiger partial charge is 0.145 e. The molecule has 74 valence electrons. The number of hydrogen-bond acceptors (Lipinski definition) is 3. The number of methoxy groups -OCH3 is 1. The van der Waals surface area contributed by atoms with Crippen LogP contribution < -0.4 is 5.73 Å². The molecular weight excluding hydrogens is 166 g/mol. The summed E-state index contributed by atoms with van der Waals surface area (Å²) in [5.41, 5.74) is 5.60. The van der Waals surface area contributed by atoms with E-state index in [2.05, 4.69) is 18.9 Å². The Labute approximate surface area is 78.7 Å². The Bertz CT molecular complexity index is 268. The number of rotatable bonds is 4. The highest BCUT2D eigenvalue weighted by molar-refractivity contribution is 5.23. The van der Waals surface area contributed by atoms with Crippen LogP contribution in [-0.4, -0.2) is 23.5 Å². The fourth-order valence-electron chi connectivity index (χ4n) is 1.34. The van der Waals surface area contributed by atoms with Crippen LogP contribution in [0, 0.1) is 5.41 Å². The molecular formula is C9H17N3O. The van der Waals surface area contributed by atoms with Gasteiger partial charge in [0.05, 0.1) is 6.61 Å². The fraction of sp³-hybridized carbons (Fsp3) is 0.667. The van der Waals surface area contributed by atoms with Crippen molar-refractivity contribution in [2.75, 3.05) is 19.5 Å². The highest BCUT2D eigenvalue weighted by Gasteiger charge is 2.18. The Morgan fingerprint density at radius 1 is 1.62 bits per heavy atom. The normalized spacial score (nSPS) is 11.9. The van der Waals surface area contributed by atoms with E-state index in [0.717, 1.165) is 6.54 Å². The van der Waals surface area contributed by atoms with Crippen molar-refractivity contribution < 1.29 is 4.74 Å². The number of aromatic nitrogens is 2. The Hall–Kier alpha value is -1.03. The largest absolute Gasteiger partial charge is 0.384 e. The predicted octanol–water partition coefficient (Wildman–Crippen LogP) is 1.14. The Balaban J connectivity index is 2.57. The van der Waals surface area contributed by atoms with Crippen LogP contribution in [0.2, 0.25) is 0 Å². The second-order valence-corrected chi connectivity index (χ2v) is 4.04. The van der Waals surface area contributed by atoms with Gasteiger partial charge in [-0.3, -0.25) is 4.68 Å². The summed E-state index contributed by atoms with van der Waals surface area (Å²) in [7, 11) is 1.71. The van der Waals surface area contributed by atoms with Gasteiger partial charge >= 0.3 is 0 Å². The molecule has 13 heavy (non-hydrogen) atoms. The first-order valence-electron chi connectivity index (χ1n) is 4.31. The van der Waals surface area contributed by atoms with E-state index in [4.69, 9.17) is 10.5 Å². The molecule has 1 aromatic rings. The number of ether oxygens (including phenoxy) is 1. The van der Waals surface area contributed by atoms with Gasteiger partial charge in [0.15, 0.2) is 0 Å². The zero-order valence-electron chi connectivity index (χ0n) is 8.45. The standard InChI is InChI=1S/C9H17N3O/c1-9(2,7-13-3)6-12-5-4-8(10)11-12/h4-5H,6-7H2,1-3H3,(H2,10,11). The summed E-state index contributed by atoms with van der Waals surface area (Å²) in [5.74, 6) is 0.563. The third-order valence-electron chi connectivity index (χ3n) is 1.79. The molecule has 1 aromatic heterocycles. The minimum absolute atomic E-state index is 0.0905. The molecule has 4 nitrogen and oxygen atoms in total. The monoisotopic (exact) mass is 183 g/mol. The summed E-state index contributed by atoms with van der Waals surface area (Å²) in [6.45, 7) is 5.80. The van der Waals surface area contributed by atoms with Crippen molar-refractivity contribution in [3.05, 3.63) is 12.3 Å². The molecule has 0 aromatic carbocycles. The van der Waals surface area contributed by atoms with Crippen LogP contribution in [0.25, 0.3) is 0 Å². The predicted molar refractivity (Wildman–Crippen MR) is 52.3 cm³/mol. The van der Waals surface area contributed by atoms with Gasteiger partial charge in [-0.1, -0.05) is 13.8 Å². The SMILES string of the molecule is COCC(C)(C)Cn1ccc(N)n1. The number of nitrogens with two attached hydrogens (primary N) is 1. The van der Waals surface area contributed by atoms with E-state index in [-0.39, 0.29) is 5.41 Å². The van der Waals surface area contributed by atoms with Gasteiger partial charge in [-0.15, -0.1) is 0 Å². The first kappa shape index (κ1) is 10.1. The molecule has 1 heterocycles. The average molecular weight is 183 g/mol. The van der Waals surface area contributed by atoms with E-state index in [1.165, 1.54) is 0 Å². The second-order valence-electron chi connectivity index (χ2n) is 4.04. The molecule has 1 rings (SSSR count). The number of hydrogen-bond donors (Lipinski definition) is 1. The average Bonchev–Trinajstić information content (AvgIpc) is 2.34. The molecule has 0 aliphatic rings. The van der Waals surface area contributed by atoms with Crippen molar-refractivity contribution in [2.45, 2.75) is 20.4 Å². The van der Waals surface area contributed by atoms with Crippen molar-refractivity contribution >= 4 is 5.82 Å². The lowest BCUT2D eigenvalue weighted by Gasteiger charge is -2.23. The van der Waals surface area contributed by atoms with Crippen molar-refractivity contribution in [3.8, 4) is 0 Å². The zero-order valence-corrected chi connectivity index (χ0v) is 8.45. The number of anilines is 1. The third-order valence-corrected chi connectivity index (χ3v) is 1.79. The maximum atomic E-state index is 5.51. The Morgan fingerprint density at radius 3 is 2.77 bits per heavy atom. The Morgan fingerprint density at radius 2 is 2.31 bits per heavy atom. The van der Waals surface area contributed by atoms with Crippen LogP contribution >= 0.6 is 0 Å². The summed E-state index contributed by atoms with van der Waals surface area (Å²) in [6.07, 6.45) is 1.88. The Kier molecular flexibility index (Phi) is 2.93. The van der Waals surface area contributed by atoms with Crippen LogP contribution in [0.5, 0.6) is 0 Å². The maximum absolute atomic E-state index is 5.51. The highest BCUT2D eigenvalue weighted by atomic mass is 16.5. The summed E-state index contributed by atoms with van der Waals surface area (Å²) in [6, 6.07) is 1.79. The van der Waals surface area contributed by atoms with Crippen molar-refractivity contribution in [1.82, 2.24) is 9.78 Å². The van der Waals surface area contributed by atoms with E-state index in [1.54, 1.807) is 13.2 Å². The van der Waals surface area contributed by atoms with Crippen molar-refractivity contribution in [3.63, 3.8) is 0 Å². The summed E-state index contributed by atoms with van der Waals surface area (Å²) in [5, 5.41) is 4.12. The van der Waals surface area contributed by atoms with Gasteiger partial charge in [0.2, 0.25) is 0 Å². The van der Waals surface area contributed by atoms with Crippen molar-refractivity contribution in [2.24, 2.45) is 5.41 Å². The molecule has 0 bridgehead atoms. The van der Waals surface area contributed by atoms with Gasteiger partial charge in [0.25, 0.3) is 0 Å². The van der Waals surface area contributed by atoms with Crippen LogP contribution in [0.3, 0.4) is 0 Å². The molecule has 0 saturated heterocycles. The minimum atomic E-state index is 0.0905. The summed E-state index contributed by atoms with van der Waals surface area (Å²) >= 11 is 0. The van der Waals surface area contributed by atoms with Gasteiger partial charge in [-0.05, 0) is 6.07 Å². The van der Waals surface area contributed by atoms with Crippen LogP contribution in [0.4, 0.5) is 5.82 Å². The molecule has 0 aliphatic carbocycles. The van der Waals surface area contributed by atoms with E-state index in [1.807, 2.05) is 10.9 Å². The quantitative estimate of drug-likeness (QED) is 0.761. The molecule has 0 fully saturated rings. The molecule has 0 aliphatic heterocycles. The van der Waals surface area contributed by atoms with Gasteiger partial charge in [0, 0.05) is 25.3 Å². The second kappa shape index (κ2) is 3.79. The summed E-state index contributed by atoms with van der Waals surface area (Å²) in [4.78, 5) is 0. The molecule has 0 amide bonds. The van der Waals surface area contributed by atoms with Crippen LogP contribution in [-0.2, 0) is 11.3 Å². The summed E-state index contributed by atoms with van der Waals surface area (Å²) < 4.78 is 6.95. The maximum Gasteiger partial charge on any atom is 0.145 e. The lowest BCUT2D eigenvalue weighted by atomic mass is 9.95. The number of nitrogen functional groups attached to an aromatic ring is 1. The van der Waals surface area contributed by atoms with Crippen LogP contribution in [0.1, 0.15) is 13.8 Å². The van der Waals surface area contributed by atoms with E-state index >= 15 is 0 Å². The lowest BCUT2D eigenvalue weighted by molar-refractivity contribution is 0.0892. The molecule has 0 unspecified atom stereocenters. The third kappa shape index (κ3) is 3.06. The van der Waals surface area contributed by atoms with Gasteiger partial charge in [0.1, 0.15) is 5.82 Å². The van der Waals surface area contributed by atoms with Crippen LogP contribution in [0.15, 0.2) is 12.3 Å². The molecule has 0 atom stereocenters. The fourth-order valence-corrected chi connectivity index (χ4v) is 1.34. The molecule has 0 saturated carbocycles. The highest BCUT2D eigenvalue weighted by Crippen LogP contribution is 2.17. The molecule has 0 spiro atoms. The first-order chi connectivity index (χ1) is 6.03. The first-order valence-corrected chi connectivity index (χ1v) is 4.31. The van der Waals surface area contributed by atoms with Gasteiger partial charge in [-0.25, -0.2) is 0 Å². The van der Waals surface area contributed by atoms with E-state index in [9.17, 15) is 0 Å². The topological polar surface area (TPSA) is 53.1 Å². The molecule has 4 heteroatoms. The molecule has 0 radical (unpaired) electrons. The lowest BCUT2D eigenvalue weighted by Crippen LogP contribution is -2.25. The molecule has 2 N–H and O–H groups in total. The number of nitrogens with zero attached hydrogens (tertiary/aromatic N) is 2. The van der Waals surface area contributed by atoms with E-state index in [0.29, 0.717) is 12.4 Å². The van der Waals surface area contributed by atoms with Gasteiger partial charge < -0.3 is 10.5 Å².